The lowest BCUT2D eigenvalue weighted by molar-refractivity contribution is -0.142. The minimum absolute atomic E-state index is 0.129. The molecule has 0 spiro atoms. The van der Waals surface area contributed by atoms with Gasteiger partial charge < -0.3 is 10.8 Å². The Bertz CT molecular complexity index is 498. The first kappa shape index (κ1) is 14.2. The Hall–Kier alpha value is -1.17. The van der Waals surface area contributed by atoms with Crippen molar-refractivity contribution in [3.63, 3.8) is 0 Å². The van der Waals surface area contributed by atoms with Crippen LogP contribution in [-0.2, 0) is 11.3 Å². The van der Waals surface area contributed by atoms with E-state index in [9.17, 15) is 14.3 Å². The second kappa shape index (κ2) is 5.45. The molecule has 6 heteroatoms. The zero-order chi connectivity index (χ0) is 14.0. The molecule has 1 fully saturated rings. The zero-order valence-electron chi connectivity index (χ0n) is 10.4. The van der Waals surface area contributed by atoms with Crippen molar-refractivity contribution >= 4 is 17.5 Å². The normalized spacial score (nSPS) is 24.4. The lowest BCUT2D eigenvalue weighted by atomic mass is 9.92. The van der Waals surface area contributed by atoms with E-state index in [0.717, 1.165) is 0 Å². The van der Waals surface area contributed by atoms with Crippen molar-refractivity contribution in [1.82, 2.24) is 4.90 Å². The fraction of sp³-hybridized carbons (Fsp3) is 0.462. The lowest BCUT2D eigenvalue weighted by Gasteiger charge is -2.37. The summed E-state index contributed by atoms with van der Waals surface area (Å²) in [5, 5.41) is 10.4. The van der Waals surface area contributed by atoms with Crippen LogP contribution in [0.2, 0.25) is 5.02 Å². The van der Waals surface area contributed by atoms with Crippen molar-refractivity contribution in [3.05, 3.63) is 34.6 Å². The molecule has 4 nitrogen and oxygen atoms in total. The van der Waals surface area contributed by atoms with Crippen molar-refractivity contribution in [2.45, 2.75) is 25.0 Å². The number of piperidine rings is 1. The molecule has 0 aromatic heterocycles. The number of halogens is 2. The van der Waals surface area contributed by atoms with E-state index in [-0.39, 0.29) is 12.4 Å². The fourth-order valence-electron chi connectivity index (χ4n) is 2.35. The molecule has 1 amide bonds. The van der Waals surface area contributed by atoms with Gasteiger partial charge in [-0.15, -0.1) is 0 Å². The second-order valence-electron chi connectivity index (χ2n) is 4.95. The summed E-state index contributed by atoms with van der Waals surface area (Å²) in [4.78, 5) is 13.1. The number of likely N-dealkylation sites (tertiary alicyclic amines) is 1. The van der Waals surface area contributed by atoms with Gasteiger partial charge in [0.1, 0.15) is 5.82 Å². The molecule has 1 aromatic carbocycles. The maximum atomic E-state index is 13.7. The van der Waals surface area contributed by atoms with Gasteiger partial charge in [0.25, 0.3) is 5.91 Å². The first-order chi connectivity index (χ1) is 8.90. The quantitative estimate of drug-likeness (QED) is 0.880. The third-order valence-electron chi connectivity index (χ3n) is 3.42. The van der Waals surface area contributed by atoms with Crippen molar-refractivity contribution in [1.29, 1.82) is 0 Å². The number of benzene rings is 1. The first-order valence-electron chi connectivity index (χ1n) is 6.09. The van der Waals surface area contributed by atoms with Gasteiger partial charge in [-0.05, 0) is 31.5 Å². The van der Waals surface area contributed by atoms with Gasteiger partial charge in [0.05, 0.1) is 0 Å². The molecular formula is C13H16ClFN2O2. The number of hydrogen-bond acceptors (Lipinski definition) is 3. The highest BCUT2D eigenvalue weighted by Crippen LogP contribution is 2.23. The molecule has 19 heavy (non-hydrogen) atoms. The monoisotopic (exact) mass is 286 g/mol. The van der Waals surface area contributed by atoms with Crippen LogP contribution in [0.3, 0.4) is 0 Å². The highest BCUT2D eigenvalue weighted by molar-refractivity contribution is 6.30. The van der Waals surface area contributed by atoms with Crippen molar-refractivity contribution in [3.8, 4) is 0 Å². The molecule has 3 N–H and O–H groups in total. The van der Waals surface area contributed by atoms with Gasteiger partial charge in [-0.2, -0.15) is 0 Å². The van der Waals surface area contributed by atoms with E-state index >= 15 is 0 Å². The number of β-amino-alcohol motifs (C(OH)–C–C–N with tert-alkyl or cyclic N) is 1. The Labute approximate surface area is 116 Å². The van der Waals surface area contributed by atoms with Crippen molar-refractivity contribution < 1.29 is 14.3 Å². The largest absolute Gasteiger partial charge is 0.379 e. The van der Waals surface area contributed by atoms with Crippen LogP contribution >= 0.6 is 11.6 Å². The average Bonchev–Trinajstić information content (AvgIpc) is 2.33. The third kappa shape index (κ3) is 3.23. The van der Waals surface area contributed by atoms with Gasteiger partial charge in [0, 0.05) is 23.7 Å². The Morgan fingerprint density at radius 3 is 2.95 bits per heavy atom. The summed E-state index contributed by atoms with van der Waals surface area (Å²) in [7, 11) is 0. The summed E-state index contributed by atoms with van der Waals surface area (Å²) < 4.78 is 13.7. The summed E-state index contributed by atoms with van der Waals surface area (Å²) in [5.41, 5.74) is 4.17. The van der Waals surface area contributed by atoms with Crippen LogP contribution in [0.15, 0.2) is 18.2 Å². The minimum Gasteiger partial charge on any atom is -0.379 e. The molecule has 104 valence electrons. The van der Waals surface area contributed by atoms with Crippen molar-refractivity contribution in [2.75, 3.05) is 13.1 Å². The molecule has 1 atom stereocenters. The van der Waals surface area contributed by atoms with Crippen LogP contribution in [0.25, 0.3) is 0 Å². The van der Waals surface area contributed by atoms with Gasteiger partial charge in [0.2, 0.25) is 0 Å². The van der Waals surface area contributed by atoms with Gasteiger partial charge >= 0.3 is 0 Å². The van der Waals surface area contributed by atoms with Gasteiger partial charge in [-0.25, -0.2) is 4.39 Å². The molecule has 2 rings (SSSR count). The van der Waals surface area contributed by atoms with E-state index in [1.807, 2.05) is 4.90 Å². The summed E-state index contributed by atoms with van der Waals surface area (Å²) in [6.45, 7) is 1.14. The smallest absolute Gasteiger partial charge is 0.250 e. The maximum Gasteiger partial charge on any atom is 0.250 e. The molecule has 0 aliphatic carbocycles. The Balaban J connectivity index is 2.09. The SMILES string of the molecule is NC(=O)[C@]1(O)CCCN(Cc2ccc(Cl)cc2F)C1. The van der Waals surface area contributed by atoms with Crippen LogP contribution in [0, 0.1) is 5.82 Å². The topological polar surface area (TPSA) is 66.6 Å². The molecule has 1 aliphatic heterocycles. The predicted molar refractivity (Wildman–Crippen MR) is 70.1 cm³/mol. The molecule has 1 aliphatic rings. The van der Waals surface area contributed by atoms with Crippen LogP contribution in [0.4, 0.5) is 4.39 Å². The Morgan fingerprint density at radius 1 is 1.58 bits per heavy atom. The van der Waals surface area contributed by atoms with E-state index in [2.05, 4.69) is 0 Å². The van der Waals surface area contributed by atoms with Crippen LogP contribution < -0.4 is 5.73 Å². The molecule has 0 radical (unpaired) electrons. The second-order valence-corrected chi connectivity index (χ2v) is 5.38. The number of carbonyl (C=O) groups is 1. The maximum absolute atomic E-state index is 13.7. The summed E-state index contributed by atoms with van der Waals surface area (Å²) in [6, 6.07) is 4.47. The highest BCUT2D eigenvalue weighted by atomic mass is 35.5. The number of aliphatic hydroxyl groups is 1. The number of nitrogens with zero attached hydrogens (tertiary/aromatic N) is 1. The summed E-state index contributed by atoms with van der Waals surface area (Å²) >= 11 is 5.69. The lowest BCUT2D eigenvalue weighted by Crippen LogP contribution is -2.55. The van der Waals surface area contributed by atoms with Crippen LogP contribution in [0.1, 0.15) is 18.4 Å². The van der Waals surface area contributed by atoms with Gasteiger partial charge in [-0.1, -0.05) is 17.7 Å². The molecule has 1 saturated heterocycles. The molecule has 1 heterocycles. The Morgan fingerprint density at radius 2 is 2.32 bits per heavy atom. The number of amides is 1. The summed E-state index contributed by atoms with van der Waals surface area (Å²) in [5.74, 6) is -1.12. The standard InChI is InChI=1S/C13H16ClFN2O2/c14-10-3-2-9(11(15)6-10)7-17-5-1-4-13(19,8-17)12(16)18/h2-3,6,19H,1,4-5,7-8H2,(H2,16,18)/t13-/m0/s1. The van der Waals surface area contributed by atoms with E-state index in [1.165, 1.54) is 6.07 Å². The highest BCUT2D eigenvalue weighted by Gasteiger charge is 2.38. The average molecular weight is 287 g/mol. The van der Waals surface area contributed by atoms with E-state index in [4.69, 9.17) is 17.3 Å². The summed E-state index contributed by atoms with van der Waals surface area (Å²) in [6.07, 6.45) is 0.997. The molecule has 1 aromatic rings. The third-order valence-corrected chi connectivity index (χ3v) is 3.65. The zero-order valence-corrected chi connectivity index (χ0v) is 11.2. The van der Waals surface area contributed by atoms with E-state index < -0.39 is 11.5 Å². The molecular weight excluding hydrogens is 271 g/mol. The number of primary amides is 1. The van der Waals surface area contributed by atoms with E-state index in [0.29, 0.717) is 36.5 Å². The predicted octanol–water partition coefficient (Wildman–Crippen LogP) is 1.29. The van der Waals surface area contributed by atoms with Crippen LogP contribution in [-0.4, -0.2) is 34.6 Å². The number of nitrogens with two attached hydrogens (primary N) is 1. The van der Waals surface area contributed by atoms with Gasteiger partial charge in [0.15, 0.2) is 5.60 Å². The fourth-order valence-corrected chi connectivity index (χ4v) is 2.51. The molecule has 0 saturated carbocycles. The number of rotatable bonds is 3. The van der Waals surface area contributed by atoms with Crippen molar-refractivity contribution in [2.24, 2.45) is 5.73 Å². The number of hydrogen-bond donors (Lipinski definition) is 2. The Kier molecular flexibility index (Phi) is 4.08. The van der Waals surface area contributed by atoms with E-state index in [1.54, 1.807) is 12.1 Å². The number of carbonyl (C=O) groups excluding carboxylic acids is 1. The van der Waals surface area contributed by atoms with Crippen LogP contribution in [0.5, 0.6) is 0 Å². The first-order valence-corrected chi connectivity index (χ1v) is 6.47. The molecule has 0 bridgehead atoms. The molecule has 0 unspecified atom stereocenters. The minimum atomic E-state index is -1.51. The van der Waals surface area contributed by atoms with Gasteiger partial charge in [-0.3, -0.25) is 9.69 Å².